The Kier molecular flexibility index (Phi) is 4.43. The minimum absolute atomic E-state index is 0.279. The van der Waals surface area contributed by atoms with E-state index in [1.54, 1.807) is 30.6 Å². The van der Waals surface area contributed by atoms with Crippen LogP contribution < -0.4 is 10.2 Å². The molecule has 1 saturated heterocycles. The molecule has 1 aliphatic heterocycles. The first-order chi connectivity index (χ1) is 10.7. The lowest BCUT2D eigenvalue weighted by molar-refractivity contribution is 0.388. The summed E-state index contributed by atoms with van der Waals surface area (Å²) in [6.45, 7) is 3.16. The van der Waals surface area contributed by atoms with E-state index < -0.39 is 0 Å². The molecule has 22 heavy (non-hydrogen) atoms. The van der Waals surface area contributed by atoms with Gasteiger partial charge in [-0.25, -0.2) is 14.4 Å². The van der Waals surface area contributed by atoms with Gasteiger partial charge in [0, 0.05) is 44.3 Å². The molecule has 0 amide bonds. The predicted octanol–water partition coefficient (Wildman–Crippen LogP) is 2.13. The highest BCUT2D eigenvalue weighted by atomic mass is 32.1. The van der Waals surface area contributed by atoms with Crippen LogP contribution >= 0.6 is 12.2 Å². The van der Waals surface area contributed by atoms with Crippen molar-refractivity contribution >= 4 is 29.0 Å². The molecular formula is C15H16FN5S. The number of benzene rings is 1. The Morgan fingerprint density at radius 2 is 1.82 bits per heavy atom. The summed E-state index contributed by atoms with van der Waals surface area (Å²) in [4.78, 5) is 12.7. The van der Waals surface area contributed by atoms with Crippen LogP contribution in [-0.2, 0) is 0 Å². The van der Waals surface area contributed by atoms with E-state index in [2.05, 4.69) is 25.1 Å². The minimum atomic E-state index is -0.279. The van der Waals surface area contributed by atoms with Crippen LogP contribution in [0.2, 0.25) is 0 Å². The Morgan fingerprint density at radius 3 is 2.50 bits per heavy atom. The molecule has 1 aromatic carbocycles. The molecule has 1 fully saturated rings. The van der Waals surface area contributed by atoms with E-state index in [1.807, 2.05) is 0 Å². The maximum absolute atomic E-state index is 13.2. The van der Waals surface area contributed by atoms with Crippen molar-refractivity contribution in [1.29, 1.82) is 0 Å². The fourth-order valence-corrected chi connectivity index (χ4v) is 2.63. The van der Waals surface area contributed by atoms with E-state index in [0.29, 0.717) is 10.8 Å². The lowest BCUT2D eigenvalue weighted by Crippen LogP contribution is -2.50. The van der Waals surface area contributed by atoms with Crippen molar-refractivity contribution < 1.29 is 4.39 Å². The molecule has 0 aliphatic carbocycles. The second-order valence-corrected chi connectivity index (χ2v) is 5.35. The van der Waals surface area contributed by atoms with Gasteiger partial charge in [0.25, 0.3) is 0 Å². The molecule has 0 unspecified atom stereocenters. The van der Waals surface area contributed by atoms with Crippen LogP contribution in [-0.4, -0.2) is 46.2 Å². The number of rotatable bonds is 2. The molecular weight excluding hydrogens is 301 g/mol. The van der Waals surface area contributed by atoms with E-state index in [9.17, 15) is 4.39 Å². The third kappa shape index (κ3) is 3.48. The molecule has 2 heterocycles. The number of piperazine rings is 1. The number of aromatic nitrogens is 2. The summed E-state index contributed by atoms with van der Waals surface area (Å²) in [6.07, 6.45) is 3.48. The van der Waals surface area contributed by atoms with Gasteiger partial charge in [0.05, 0.1) is 0 Å². The SMILES string of the molecule is Fc1cccc(NC(=S)N2CCN(c3ncccn3)CC2)c1. The second-order valence-electron chi connectivity index (χ2n) is 4.96. The van der Waals surface area contributed by atoms with Gasteiger partial charge in [-0.2, -0.15) is 0 Å². The molecule has 3 rings (SSSR count). The Bertz CT molecular complexity index is 643. The molecule has 0 spiro atoms. The maximum atomic E-state index is 13.2. The fourth-order valence-electron chi connectivity index (χ4n) is 2.33. The van der Waals surface area contributed by atoms with Crippen molar-refractivity contribution in [3.63, 3.8) is 0 Å². The van der Waals surface area contributed by atoms with Gasteiger partial charge in [-0.05, 0) is 36.5 Å². The Labute approximate surface area is 133 Å². The molecule has 1 aromatic heterocycles. The van der Waals surface area contributed by atoms with Crippen LogP contribution in [0.4, 0.5) is 16.0 Å². The third-order valence-electron chi connectivity index (χ3n) is 3.48. The van der Waals surface area contributed by atoms with E-state index in [4.69, 9.17) is 12.2 Å². The first-order valence-electron chi connectivity index (χ1n) is 7.06. The van der Waals surface area contributed by atoms with E-state index in [1.165, 1.54) is 12.1 Å². The van der Waals surface area contributed by atoms with Crippen molar-refractivity contribution in [1.82, 2.24) is 14.9 Å². The number of nitrogens with one attached hydrogen (secondary N) is 1. The lowest BCUT2D eigenvalue weighted by atomic mass is 10.3. The van der Waals surface area contributed by atoms with Crippen LogP contribution in [0, 0.1) is 5.82 Å². The minimum Gasteiger partial charge on any atom is -0.345 e. The van der Waals surface area contributed by atoms with Crippen LogP contribution in [0.15, 0.2) is 42.7 Å². The van der Waals surface area contributed by atoms with Crippen LogP contribution in [0.3, 0.4) is 0 Å². The lowest BCUT2D eigenvalue weighted by Gasteiger charge is -2.36. The smallest absolute Gasteiger partial charge is 0.225 e. The summed E-state index contributed by atoms with van der Waals surface area (Å²) in [5.74, 6) is 0.463. The fraction of sp³-hybridized carbons (Fsp3) is 0.267. The van der Waals surface area contributed by atoms with E-state index in [0.717, 1.165) is 32.1 Å². The van der Waals surface area contributed by atoms with Gasteiger partial charge >= 0.3 is 0 Å². The van der Waals surface area contributed by atoms with Gasteiger partial charge in [-0.15, -0.1) is 0 Å². The Balaban J connectivity index is 1.56. The summed E-state index contributed by atoms with van der Waals surface area (Å²) < 4.78 is 13.2. The Morgan fingerprint density at radius 1 is 1.09 bits per heavy atom. The topological polar surface area (TPSA) is 44.3 Å². The quantitative estimate of drug-likeness (QED) is 0.856. The maximum Gasteiger partial charge on any atom is 0.225 e. The van der Waals surface area contributed by atoms with Crippen molar-refractivity contribution in [3.8, 4) is 0 Å². The zero-order chi connectivity index (χ0) is 15.4. The van der Waals surface area contributed by atoms with Gasteiger partial charge in [-0.1, -0.05) is 6.07 Å². The van der Waals surface area contributed by atoms with E-state index >= 15 is 0 Å². The van der Waals surface area contributed by atoms with Gasteiger partial charge in [0.15, 0.2) is 5.11 Å². The van der Waals surface area contributed by atoms with Crippen molar-refractivity contribution in [2.24, 2.45) is 0 Å². The predicted molar refractivity (Wildman–Crippen MR) is 88.4 cm³/mol. The monoisotopic (exact) mass is 317 g/mol. The highest BCUT2D eigenvalue weighted by molar-refractivity contribution is 7.80. The highest BCUT2D eigenvalue weighted by Crippen LogP contribution is 2.13. The zero-order valence-electron chi connectivity index (χ0n) is 11.9. The standard InChI is InChI=1S/C15H16FN5S/c16-12-3-1-4-13(11-12)19-15(22)21-9-7-20(8-10-21)14-17-5-2-6-18-14/h1-6,11H,7-10H2,(H,19,22). The number of hydrogen-bond acceptors (Lipinski definition) is 4. The average molecular weight is 317 g/mol. The van der Waals surface area contributed by atoms with E-state index in [-0.39, 0.29) is 5.82 Å². The number of hydrogen-bond donors (Lipinski definition) is 1. The van der Waals surface area contributed by atoms with Crippen LogP contribution in [0.25, 0.3) is 0 Å². The molecule has 0 atom stereocenters. The summed E-state index contributed by atoms with van der Waals surface area (Å²) in [5, 5.41) is 3.69. The second kappa shape index (κ2) is 6.65. The molecule has 1 N–H and O–H groups in total. The van der Waals surface area contributed by atoms with Gasteiger partial charge < -0.3 is 15.1 Å². The molecule has 1 aliphatic rings. The summed E-state index contributed by atoms with van der Waals surface area (Å²) in [6, 6.07) is 8.10. The number of nitrogens with zero attached hydrogens (tertiary/aromatic N) is 4. The molecule has 0 radical (unpaired) electrons. The van der Waals surface area contributed by atoms with Gasteiger partial charge in [-0.3, -0.25) is 0 Å². The number of anilines is 2. The molecule has 0 saturated carbocycles. The summed E-state index contributed by atoms with van der Waals surface area (Å²) in [7, 11) is 0. The number of halogens is 1. The van der Waals surface area contributed by atoms with Gasteiger partial charge in [0.2, 0.25) is 5.95 Å². The number of thiocarbonyl (C=S) groups is 1. The van der Waals surface area contributed by atoms with Crippen LogP contribution in [0.1, 0.15) is 0 Å². The summed E-state index contributed by atoms with van der Waals surface area (Å²) >= 11 is 5.40. The molecule has 5 nitrogen and oxygen atoms in total. The summed E-state index contributed by atoms with van der Waals surface area (Å²) in [5.41, 5.74) is 0.666. The van der Waals surface area contributed by atoms with Crippen LogP contribution in [0.5, 0.6) is 0 Å². The molecule has 0 bridgehead atoms. The third-order valence-corrected chi connectivity index (χ3v) is 3.84. The highest BCUT2D eigenvalue weighted by Gasteiger charge is 2.20. The first kappa shape index (κ1) is 14.6. The Hall–Kier alpha value is -2.28. The normalized spacial score (nSPS) is 14.8. The molecule has 7 heteroatoms. The molecule has 114 valence electrons. The zero-order valence-corrected chi connectivity index (χ0v) is 12.8. The van der Waals surface area contributed by atoms with Crippen molar-refractivity contribution in [3.05, 3.63) is 48.5 Å². The van der Waals surface area contributed by atoms with Gasteiger partial charge in [0.1, 0.15) is 5.82 Å². The largest absolute Gasteiger partial charge is 0.345 e. The first-order valence-corrected chi connectivity index (χ1v) is 7.47. The van der Waals surface area contributed by atoms with Crippen molar-refractivity contribution in [2.75, 3.05) is 36.4 Å². The average Bonchev–Trinajstić information content (AvgIpc) is 2.56. The molecule has 2 aromatic rings. The van der Waals surface area contributed by atoms with Crippen molar-refractivity contribution in [2.45, 2.75) is 0 Å².